The van der Waals surface area contributed by atoms with Crippen LogP contribution in [0.1, 0.15) is 12.0 Å². The molecule has 1 aliphatic heterocycles. The first kappa shape index (κ1) is 16.4. The van der Waals surface area contributed by atoms with Crippen LogP contribution in [0, 0.1) is 5.92 Å². The van der Waals surface area contributed by atoms with E-state index >= 15 is 0 Å². The number of pyridine rings is 1. The summed E-state index contributed by atoms with van der Waals surface area (Å²) in [5.41, 5.74) is 1.09. The van der Waals surface area contributed by atoms with Crippen molar-refractivity contribution in [3.8, 4) is 5.82 Å². The summed E-state index contributed by atoms with van der Waals surface area (Å²) in [5, 5.41) is 3.42. The smallest absolute Gasteiger partial charge is 0.193 e. The van der Waals surface area contributed by atoms with Crippen LogP contribution in [0.15, 0.2) is 42.0 Å². The second-order valence-electron chi connectivity index (χ2n) is 5.97. The molecule has 0 radical (unpaired) electrons. The highest BCUT2D eigenvalue weighted by Crippen LogP contribution is 2.14. The van der Waals surface area contributed by atoms with Gasteiger partial charge in [-0.05, 0) is 12.5 Å². The summed E-state index contributed by atoms with van der Waals surface area (Å²) in [7, 11) is 3.87. The van der Waals surface area contributed by atoms with Gasteiger partial charge in [0.25, 0.3) is 0 Å². The van der Waals surface area contributed by atoms with Gasteiger partial charge in [-0.3, -0.25) is 9.56 Å². The summed E-state index contributed by atoms with van der Waals surface area (Å²) >= 11 is 0. The molecule has 2 aromatic rings. The van der Waals surface area contributed by atoms with Crippen LogP contribution in [0.2, 0.25) is 0 Å². The van der Waals surface area contributed by atoms with Crippen molar-refractivity contribution < 1.29 is 4.74 Å². The Bertz CT molecular complexity index is 663. The summed E-state index contributed by atoms with van der Waals surface area (Å²) in [6.07, 6.45) is 8.32. The van der Waals surface area contributed by atoms with Crippen LogP contribution in [0.5, 0.6) is 0 Å². The number of aromatic nitrogens is 3. The molecule has 1 unspecified atom stereocenters. The Hall–Kier alpha value is -2.41. The van der Waals surface area contributed by atoms with Gasteiger partial charge in [0.15, 0.2) is 5.96 Å². The van der Waals surface area contributed by atoms with Gasteiger partial charge in [-0.1, -0.05) is 6.07 Å². The van der Waals surface area contributed by atoms with E-state index in [0.29, 0.717) is 12.5 Å². The van der Waals surface area contributed by atoms with E-state index in [4.69, 9.17) is 4.74 Å². The standard InChI is InChI=1S/C17H24N6O/c1-18-17(22(2)11-14-5-9-24-12-14)21-10-15-4-3-6-20-16(15)23-8-7-19-13-23/h3-4,6-8,13-14H,5,9-12H2,1-2H3,(H,18,21). The Balaban J connectivity index is 1.64. The summed E-state index contributed by atoms with van der Waals surface area (Å²) in [6.45, 7) is 3.31. The van der Waals surface area contributed by atoms with Crippen molar-refractivity contribution in [1.82, 2.24) is 24.8 Å². The first-order valence-electron chi connectivity index (χ1n) is 8.19. The van der Waals surface area contributed by atoms with Crippen molar-refractivity contribution >= 4 is 5.96 Å². The fraction of sp³-hybridized carbons (Fsp3) is 0.471. The number of nitrogens with zero attached hydrogens (tertiary/aromatic N) is 5. The third-order valence-corrected chi connectivity index (χ3v) is 4.18. The zero-order chi connectivity index (χ0) is 16.8. The molecule has 7 heteroatoms. The van der Waals surface area contributed by atoms with Gasteiger partial charge in [0.05, 0.1) is 6.61 Å². The zero-order valence-electron chi connectivity index (χ0n) is 14.2. The molecule has 0 bridgehead atoms. The molecule has 0 amide bonds. The molecule has 1 saturated heterocycles. The molecule has 0 spiro atoms. The molecule has 3 heterocycles. The molecule has 7 nitrogen and oxygen atoms in total. The molecular weight excluding hydrogens is 304 g/mol. The van der Waals surface area contributed by atoms with Crippen LogP contribution in [-0.2, 0) is 11.3 Å². The van der Waals surface area contributed by atoms with Gasteiger partial charge in [0, 0.05) is 63.9 Å². The fourth-order valence-electron chi connectivity index (χ4n) is 2.95. The minimum Gasteiger partial charge on any atom is -0.381 e. The zero-order valence-corrected chi connectivity index (χ0v) is 14.2. The molecule has 1 aliphatic rings. The monoisotopic (exact) mass is 328 g/mol. The molecule has 0 aliphatic carbocycles. The molecule has 0 saturated carbocycles. The van der Waals surface area contributed by atoms with Gasteiger partial charge in [0.2, 0.25) is 0 Å². The second-order valence-corrected chi connectivity index (χ2v) is 5.97. The molecule has 1 fully saturated rings. The van der Waals surface area contributed by atoms with Gasteiger partial charge in [-0.2, -0.15) is 0 Å². The van der Waals surface area contributed by atoms with Gasteiger partial charge >= 0.3 is 0 Å². The third kappa shape index (κ3) is 3.91. The van der Waals surface area contributed by atoms with Crippen molar-refractivity contribution in [2.75, 3.05) is 33.9 Å². The molecule has 128 valence electrons. The fourth-order valence-corrected chi connectivity index (χ4v) is 2.95. The minimum atomic E-state index is 0.577. The number of ether oxygens (including phenoxy) is 1. The van der Waals surface area contributed by atoms with E-state index in [1.165, 1.54) is 0 Å². The topological polar surface area (TPSA) is 67.6 Å². The lowest BCUT2D eigenvalue weighted by molar-refractivity contribution is 0.181. The lowest BCUT2D eigenvalue weighted by Crippen LogP contribution is -2.41. The van der Waals surface area contributed by atoms with E-state index in [0.717, 1.165) is 43.5 Å². The highest BCUT2D eigenvalue weighted by Gasteiger charge is 2.19. The first-order chi connectivity index (χ1) is 11.8. The largest absolute Gasteiger partial charge is 0.381 e. The summed E-state index contributed by atoms with van der Waals surface area (Å²) in [4.78, 5) is 15.1. The molecular formula is C17H24N6O. The van der Waals surface area contributed by atoms with Crippen LogP contribution in [0.3, 0.4) is 0 Å². The van der Waals surface area contributed by atoms with Crippen LogP contribution >= 0.6 is 0 Å². The van der Waals surface area contributed by atoms with Gasteiger partial charge < -0.3 is 15.0 Å². The quantitative estimate of drug-likeness (QED) is 0.662. The first-order valence-corrected chi connectivity index (χ1v) is 8.19. The minimum absolute atomic E-state index is 0.577. The molecule has 1 N–H and O–H groups in total. The molecule has 2 aromatic heterocycles. The highest BCUT2D eigenvalue weighted by atomic mass is 16.5. The number of hydrogen-bond donors (Lipinski definition) is 1. The Kier molecular flexibility index (Phi) is 5.43. The second kappa shape index (κ2) is 7.92. The number of imidazole rings is 1. The van der Waals surface area contributed by atoms with Gasteiger partial charge in [-0.15, -0.1) is 0 Å². The van der Waals surface area contributed by atoms with E-state index in [1.807, 2.05) is 23.9 Å². The average molecular weight is 328 g/mol. The third-order valence-electron chi connectivity index (χ3n) is 4.18. The maximum Gasteiger partial charge on any atom is 0.193 e. The van der Waals surface area contributed by atoms with Crippen molar-refractivity contribution in [3.63, 3.8) is 0 Å². The van der Waals surface area contributed by atoms with Gasteiger partial charge in [-0.25, -0.2) is 9.97 Å². The van der Waals surface area contributed by atoms with Crippen molar-refractivity contribution in [3.05, 3.63) is 42.6 Å². The Morgan fingerprint density at radius 1 is 1.50 bits per heavy atom. The number of rotatable bonds is 5. The molecule has 1 atom stereocenters. The summed E-state index contributed by atoms with van der Waals surface area (Å²) in [6, 6.07) is 4.01. The molecule has 24 heavy (non-hydrogen) atoms. The predicted molar refractivity (Wildman–Crippen MR) is 93.1 cm³/mol. The van der Waals surface area contributed by atoms with Crippen LogP contribution in [0.4, 0.5) is 0 Å². The number of nitrogens with one attached hydrogen (secondary N) is 1. The number of aliphatic imine (C=N–C) groups is 1. The average Bonchev–Trinajstić information content (AvgIpc) is 3.29. The van der Waals surface area contributed by atoms with Crippen LogP contribution in [0.25, 0.3) is 5.82 Å². The van der Waals surface area contributed by atoms with E-state index in [2.05, 4.69) is 38.3 Å². The van der Waals surface area contributed by atoms with Crippen molar-refractivity contribution in [2.24, 2.45) is 10.9 Å². The van der Waals surface area contributed by atoms with Gasteiger partial charge in [0.1, 0.15) is 12.1 Å². The van der Waals surface area contributed by atoms with E-state index in [9.17, 15) is 0 Å². The van der Waals surface area contributed by atoms with Crippen molar-refractivity contribution in [1.29, 1.82) is 0 Å². The Morgan fingerprint density at radius 2 is 2.42 bits per heavy atom. The highest BCUT2D eigenvalue weighted by molar-refractivity contribution is 5.79. The molecule has 0 aromatic carbocycles. The van der Waals surface area contributed by atoms with Crippen LogP contribution in [-0.4, -0.2) is 59.2 Å². The Labute approximate surface area is 142 Å². The SMILES string of the molecule is CN=C(NCc1cccnc1-n1ccnc1)N(C)CC1CCOC1. The lowest BCUT2D eigenvalue weighted by Gasteiger charge is -2.24. The number of hydrogen-bond acceptors (Lipinski definition) is 4. The summed E-state index contributed by atoms with van der Waals surface area (Å²) < 4.78 is 7.37. The lowest BCUT2D eigenvalue weighted by atomic mass is 10.1. The Morgan fingerprint density at radius 3 is 3.12 bits per heavy atom. The maximum atomic E-state index is 5.45. The van der Waals surface area contributed by atoms with E-state index in [1.54, 1.807) is 18.7 Å². The maximum absolute atomic E-state index is 5.45. The van der Waals surface area contributed by atoms with Crippen molar-refractivity contribution in [2.45, 2.75) is 13.0 Å². The van der Waals surface area contributed by atoms with E-state index in [-0.39, 0.29) is 0 Å². The predicted octanol–water partition coefficient (Wildman–Crippen LogP) is 1.31. The molecule has 3 rings (SSSR count). The summed E-state index contributed by atoms with van der Waals surface area (Å²) in [5.74, 6) is 2.33. The van der Waals surface area contributed by atoms with E-state index < -0.39 is 0 Å². The van der Waals surface area contributed by atoms with Crippen LogP contribution < -0.4 is 5.32 Å². The number of guanidine groups is 1. The normalized spacial score (nSPS) is 17.9.